The maximum absolute atomic E-state index is 10.8. The van der Waals surface area contributed by atoms with E-state index in [0.717, 1.165) is 6.26 Å². The lowest BCUT2D eigenvalue weighted by atomic mass is 10.8. The second kappa shape index (κ2) is 4.55. The van der Waals surface area contributed by atoms with Crippen LogP contribution in [0.4, 0.5) is 0 Å². The van der Waals surface area contributed by atoms with Crippen molar-refractivity contribution >= 4 is 19.9 Å². The van der Waals surface area contributed by atoms with Gasteiger partial charge in [-0.2, -0.15) is 5.26 Å². The topological polar surface area (TPSA) is 104 Å². The Morgan fingerprint density at radius 3 is 2.23 bits per heavy atom. The minimum absolute atomic E-state index is 0.192. The fraction of sp³-hybridized carbons (Fsp3) is 0.800. The highest BCUT2D eigenvalue weighted by atomic mass is 32.2. The van der Waals surface area contributed by atoms with Crippen molar-refractivity contribution in [3.8, 4) is 6.07 Å². The minimum atomic E-state index is -3.63. The van der Waals surface area contributed by atoms with Crippen LogP contribution in [0.5, 0.6) is 0 Å². The van der Waals surface area contributed by atoms with Crippen LogP contribution in [-0.2, 0) is 19.9 Å². The molecule has 0 fully saturated rings. The summed E-state index contributed by atoms with van der Waals surface area (Å²) in [6.07, 6.45) is 1.01. The number of hydrogen-bond donors (Lipinski definition) is 1. The summed E-state index contributed by atoms with van der Waals surface area (Å²) in [5.41, 5.74) is 0. The summed E-state index contributed by atoms with van der Waals surface area (Å²) in [5, 5.41) is 8.07. The molecule has 0 bridgehead atoms. The molecular formula is C5H10N2O4S2. The Morgan fingerprint density at radius 1 is 1.31 bits per heavy atom. The molecule has 0 rings (SSSR count). The Balaban J connectivity index is 4.00. The van der Waals surface area contributed by atoms with Gasteiger partial charge in [0.15, 0.2) is 5.75 Å². The largest absolute Gasteiger partial charge is 0.229 e. The van der Waals surface area contributed by atoms with E-state index in [1.54, 1.807) is 0 Å². The summed E-state index contributed by atoms with van der Waals surface area (Å²) < 4.78 is 44.7. The predicted octanol–water partition coefficient (Wildman–Crippen LogP) is -1.53. The number of rotatable bonds is 5. The van der Waals surface area contributed by atoms with E-state index in [1.807, 2.05) is 4.72 Å². The molecule has 6 nitrogen and oxygen atoms in total. The zero-order chi connectivity index (χ0) is 10.5. The van der Waals surface area contributed by atoms with Crippen molar-refractivity contribution in [2.24, 2.45) is 0 Å². The molecule has 0 aromatic carbocycles. The van der Waals surface area contributed by atoms with E-state index in [9.17, 15) is 16.8 Å². The van der Waals surface area contributed by atoms with Crippen LogP contribution in [-0.4, -0.2) is 41.1 Å². The number of nitrogens with zero attached hydrogens (tertiary/aromatic N) is 1. The zero-order valence-electron chi connectivity index (χ0n) is 7.02. The summed E-state index contributed by atoms with van der Waals surface area (Å²) >= 11 is 0. The number of sulfonamides is 1. The van der Waals surface area contributed by atoms with E-state index >= 15 is 0 Å². The van der Waals surface area contributed by atoms with E-state index < -0.39 is 25.6 Å². The van der Waals surface area contributed by atoms with E-state index in [4.69, 9.17) is 5.26 Å². The molecule has 0 saturated heterocycles. The van der Waals surface area contributed by atoms with Crippen LogP contribution >= 0.6 is 0 Å². The zero-order valence-corrected chi connectivity index (χ0v) is 8.65. The Morgan fingerprint density at radius 2 is 1.85 bits per heavy atom. The van der Waals surface area contributed by atoms with Crippen LogP contribution in [0.25, 0.3) is 0 Å². The maximum Gasteiger partial charge on any atom is 0.225 e. The average Bonchev–Trinajstić information content (AvgIpc) is 1.82. The van der Waals surface area contributed by atoms with Crippen molar-refractivity contribution in [3.05, 3.63) is 0 Å². The van der Waals surface area contributed by atoms with Crippen LogP contribution in [0, 0.1) is 11.3 Å². The summed E-state index contributed by atoms with van der Waals surface area (Å²) in [7, 11) is -6.80. The van der Waals surface area contributed by atoms with Crippen molar-refractivity contribution in [3.63, 3.8) is 0 Å². The van der Waals surface area contributed by atoms with Gasteiger partial charge in [-0.05, 0) is 0 Å². The number of hydrogen-bond acceptors (Lipinski definition) is 5. The summed E-state index contributed by atoms with van der Waals surface area (Å²) in [4.78, 5) is 0. The molecule has 1 N–H and O–H groups in total. The van der Waals surface area contributed by atoms with Crippen molar-refractivity contribution in [1.29, 1.82) is 5.26 Å². The van der Waals surface area contributed by atoms with Crippen molar-refractivity contribution < 1.29 is 16.8 Å². The summed E-state index contributed by atoms with van der Waals surface area (Å²) in [6, 6.07) is 1.46. The van der Waals surface area contributed by atoms with Crippen LogP contribution in [0.2, 0.25) is 0 Å². The normalized spacial score (nSPS) is 12.3. The molecule has 0 aromatic heterocycles. The molecule has 0 amide bonds. The molecule has 0 aliphatic heterocycles. The molecule has 76 valence electrons. The van der Waals surface area contributed by atoms with E-state index in [2.05, 4.69) is 0 Å². The first-order valence-corrected chi connectivity index (χ1v) is 7.00. The van der Waals surface area contributed by atoms with Gasteiger partial charge in [-0.3, -0.25) is 0 Å². The predicted molar refractivity (Wildman–Crippen MR) is 47.1 cm³/mol. The number of sulfone groups is 1. The smallest absolute Gasteiger partial charge is 0.225 e. The van der Waals surface area contributed by atoms with Crippen molar-refractivity contribution in [2.75, 3.05) is 24.3 Å². The van der Waals surface area contributed by atoms with Crippen LogP contribution in [0.3, 0.4) is 0 Å². The molecule has 0 aliphatic rings. The molecule has 0 aromatic rings. The van der Waals surface area contributed by atoms with Crippen LogP contribution < -0.4 is 4.72 Å². The van der Waals surface area contributed by atoms with Gasteiger partial charge in [0.05, 0.1) is 11.8 Å². The van der Waals surface area contributed by atoms with Crippen molar-refractivity contribution in [2.45, 2.75) is 0 Å². The van der Waals surface area contributed by atoms with Crippen molar-refractivity contribution in [1.82, 2.24) is 4.72 Å². The molecule has 0 heterocycles. The maximum atomic E-state index is 10.8. The van der Waals surface area contributed by atoms with Gasteiger partial charge in [-0.25, -0.2) is 21.6 Å². The second-order valence-corrected chi connectivity index (χ2v) is 6.51. The fourth-order valence-electron chi connectivity index (χ4n) is 0.519. The highest BCUT2D eigenvalue weighted by molar-refractivity contribution is 7.91. The molecule has 0 saturated carbocycles. The molecule has 0 unspecified atom stereocenters. The quantitative estimate of drug-likeness (QED) is 0.612. The SMILES string of the molecule is CS(=O)(=O)CCNS(=O)(=O)CC#N. The van der Waals surface area contributed by atoms with Gasteiger partial charge in [0, 0.05) is 12.8 Å². The Bertz CT molecular complexity index is 389. The third kappa shape index (κ3) is 7.70. The molecule has 8 heteroatoms. The average molecular weight is 226 g/mol. The third-order valence-electron chi connectivity index (χ3n) is 1.05. The number of nitriles is 1. The molecular weight excluding hydrogens is 216 g/mol. The Kier molecular flexibility index (Phi) is 4.32. The minimum Gasteiger partial charge on any atom is -0.229 e. The van der Waals surface area contributed by atoms with Crippen LogP contribution in [0.15, 0.2) is 0 Å². The first-order valence-electron chi connectivity index (χ1n) is 3.29. The Labute approximate surface area is 77.5 Å². The van der Waals surface area contributed by atoms with Gasteiger partial charge in [-0.1, -0.05) is 0 Å². The van der Waals surface area contributed by atoms with E-state index in [1.165, 1.54) is 6.07 Å². The molecule has 0 aliphatic carbocycles. The van der Waals surface area contributed by atoms with Gasteiger partial charge in [0.25, 0.3) is 0 Å². The first kappa shape index (κ1) is 12.3. The Hall–Kier alpha value is -0.650. The lowest BCUT2D eigenvalue weighted by molar-refractivity contribution is 0.585. The van der Waals surface area contributed by atoms with Gasteiger partial charge in [0.2, 0.25) is 10.0 Å². The monoisotopic (exact) mass is 226 g/mol. The molecule has 0 atom stereocenters. The highest BCUT2D eigenvalue weighted by Crippen LogP contribution is 1.84. The van der Waals surface area contributed by atoms with Gasteiger partial charge >= 0.3 is 0 Å². The standard InChI is InChI=1S/C5H10N2O4S2/c1-12(8,9)5-3-7-13(10,11)4-2-6/h7H,3-5H2,1H3. The molecule has 0 spiro atoms. The van der Waals surface area contributed by atoms with Gasteiger partial charge in [-0.15, -0.1) is 0 Å². The van der Waals surface area contributed by atoms with E-state index in [-0.39, 0.29) is 12.3 Å². The highest BCUT2D eigenvalue weighted by Gasteiger charge is 2.10. The fourth-order valence-corrected chi connectivity index (χ4v) is 1.81. The lowest BCUT2D eigenvalue weighted by Gasteiger charge is -2.01. The molecule has 13 heavy (non-hydrogen) atoms. The lowest BCUT2D eigenvalue weighted by Crippen LogP contribution is -2.30. The first-order chi connectivity index (χ1) is 5.77. The molecule has 0 radical (unpaired) electrons. The van der Waals surface area contributed by atoms with Gasteiger partial charge in [0.1, 0.15) is 9.84 Å². The number of nitrogens with one attached hydrogen (secondary N) is 1. The van der Waals surface area contributed by atoms with Crippen LogP contribution in [0.1, 0.15) is 0 Å². The summed E-state index contributed by atoms with van der Waals surface area (Å²) in [5.74, 6) is -0.922. The second-order valence-electron chi connectivity index (χ2n) is 2.44. The van der Waals surface area contributed by atoms with E-state index in [0.29, 0.717) is 0 Å². The van der Waals surface area contributed by atoms with Gasteiger partial charge < -0.3 is 0 Å². The summed E-state index contributed by atoms with van der Waals surface area (Å²) in [6.45, 7) is -0.192. The third-order valence-corrected chi connectivity index (χ3v) is 3.15.